The highest BCUT2D eigenvalue weighted by Crippen LogP contribution is 2.56. The summed E-state index contributed by atoms with van der Waals surface area (Å²) in [5.41, 5.74) is -0.698. The molecule has 2 aliphatic carbocycles. The van der Waals surface area contributed by atoms with Gasteiger partial charge in [0.05, 0.1) is 17.9 Å². The smallest absolute Gasteiger partial charge is 0.246 e. The van der Waals surface area contributed by atoms with E-state index in [1.165, 1.54) is 6.42 Å². The van der Waals surface area contributed by atoms with Gasteiger partial charge in [-0.1, -0.05) is 94.1 Å². The molecule has 4 fully saturated rings. The Kier molecular flexibility index (Phi) is 8.16. The fraction of sp³-hybridized carbons (Fsp3) is 0.656. The number of nitrogens with one attached hydrogen (secondary N) is 2. The van der Waals surface area contributed by atoms with E-state index in [1.54, 1.807) is 18.2 Å². The summed E-state index contributed by atoms with van der Waals surface area (Å²) in [6.07, 6.45) is 13.6. The maximum Gasteiger partial charge on any atom is 0.246 e. The van der Waals surface area contributed by atoms with Crippen LogP contribution in [-0.4, -0.2) is 52.5 Å². The standard InChI is InChI=1S/C32H41Cl2N3O4/c1-18-9-8-12-24(19(18)2)36-30(39)28-32-14-13-25(41-32)26(29(38)35-22-16-20(33)15-21(34)17-22)27(32)31(40)37(28)23-10-6-4-3-5-7-11-23/h13-19,23-28H,3-12H2,1-2H3,(H,35,38)(H,36,39). The van der Waals surface area contributed by atoms with Crippen molar-refractivity contribution in [3.8, 4) is 0 Å². The van der Waals surface area contributed by atoms with Crippen molar-refractivity contribution in [2.24, 2.45) is 23.7 Å². The Labute approximate surface area is 252 Å². The van der Waals surface area contributed by atoms with Crippen LogP contribution in [-0.2, 0) is 19.1 Å². The molecule has 2 saturated carbocycles. The Bertz CT molecular complexity index is 1210. The second kappa shape index (κ2) is 11.5. The Morgan fingerprint density at radius 2 is 1.61 bits per heavy atom. The lowest BCUT2D eigenvalue weighted by Crippen LogP contribution is -2.59. The van der Waals surface area contributed by atoms with Crippen molar-refractivity contribution in [1.29, 1.82) is 0 Å². The van der Waals surface area contributed by atoms with Crippen LogP contribution in [0.2, 0.25) is 10.0 Å². The van der Waals surface area contributed by atoms with Gasteiger partial charge in [0.2, 0.25) is 17.7 Å². The van der Waals surface area contributed by atoms with Crippen molar-refractivity contribution in [3.05, 3.63) is 40.4 Å². The van der Waals surface area contributed by atoms with Crippen LogP contribution in [0, 0.1) is 23.7 Å². The van der Waals surface area contributed by atoms with Crippen LogP contribution in [0.15, 0.2) is 30.4 Å². The minimum absolute atomic E-state index is 0.0484. The van der Waals surface area contributed by atoms with Gasteiger partial charge in [-0.25, -0.2) is 0 Å². The lowest BCUT2D eigenvalue weighted by Gasteiger charge is -2.40. The zero-order valence-corrected chi connectivity index (χ0v) is 25.4. The van der Waals surface area contributed by atoms with E-state index in [2.05, 4.69) is 24.5 Å². The van der Waals surface area contributed by atoms with Gasteiger partial charge in [0.1, 0.15) is 11.6 Å². The van der Waals surface area contributed by atoms with Gasteiger partial charge in [0.25, 0.3) is 0 Å². The minimum atomic E-state index is -1.16. The molecule has 1 aromatic rings. The summed E-state index contributed by atoms with van der Waals surface area (Å²) < 4.78 is 6.57. The molecule has 2 N–H and O–H groups in total. The molecule has 222 valence electrons. The summed E-state index contributed by atoms with van der Waals surface area (Å²) in [7, 11) is 0. The van der Waals surface area contributed by atoms with Crippen LogP contribution in [0.25, 0.3) is 0 Å². The summed E-state index contributed by atoms with van der Waals surface area (Å²) in [5.74, 6) is -1.26. The first-order chi connectivity index (χ1) is 19.7. The molecule has 3 aliphatic heterocycles. The Morgan fingerprint density at radius 1 is 0.927 bits per heavy atom. The number of likely N-dealkylation sites (tertiary alicyclic amines) is 1. The molecule has 0 aromatic heterocycles. The van der Waals surface area contributed by atoms with E-state index in [9.17, 15) is 14.4 Å². The summed E-state index contributed by atoms with van der Waals surface area (Å²) in [6.45, 7) is 4.46. The van der Waals surface area contributed by atoms with Crippen molar-refractivity contribution in [2.45, 2.75) is 108 Å². The second-order valence-corrected chi connectivity index (χ2v) is 13.8. The van der Waals surface area contributed by atoms with Gasteiger partial charge >= 0.3 is 0 Å². The number of carbonyl (C=O) groups excluding carboxylic acids is 3. The van der Waals surface area contributed by atoms with Gasteiger partial charge in [-0.2, -0.15) is 0 Å². The summed E-state index contributed by atoms with van der Waals surface area (Å²) in [5, 5.41) is 7.10. The molecular formula is C32H41Cl2N3O4. The number of halogens is 2. The lowest BCUT2D eigenvalue weighted by molar-refractivity contribution is -0.144. The van der Waals surface area contributed by atoms with Crippen molar-refractivity contribution in [1.82, 2.24) is 10.2 Å². The van der Waals surface area contributed by atoms with Crippen LogP contribution >= 0.6 is 23.2 Å². The lowest BCUT2D eigenvalue weighted by atomic mass is 9.73. The first-order valence-electron chi connectivity index (χ1n) is 15.5. The number of nitrogens with zero attached hydrogens (tertiary/aromatic N) is 1. The van der Waals surface area contributed by atoms with E-state index in [4.69, 9.17) is 27.9 Å². The molecule has 0 radical (unpaired) electrons. The molecule has 2 saturated heterocycles. The molecular weight excluding hydrogens is 561 g/mol. The summed E-state index contributed by atoms with van der Waals surface area (Å²) >= 11 is 12.3. The van der Waals surface area contributed by atoms with Gasteiger partial charge in [-0.05, 0) is 49.3 Å². The van der Waals surface area contributed by atoms with E-state index in [-0.39, 0.29) is 29.8 Å². The third kappa shape index (κ3) is 5.21. The Balaban J connectivity index is 1.33. The van der Waals surface area contributed by atoms with Crippen LogP contribution in [0.4, 0.5) is 5.69 Å². The monoisotopic (exact) mass is 601 g/mol. The molecule has 5 aliphatic rings. The number of hydrogen-bond acceptors (Lipinski definition) is 4. The number of amides is 3. The van der Waals surface area contributed by atoms with Gasteiger partial charge in [-0.3, -0.25) is 14.4 Å². The largest absolute Gasteiger partial charge is 0.359 e. The number of fused-ring (bicyclic) bond motifs is 1. The molecule has 9 heteroatoms. The highest BCUT2D eigenvalue weighted by atomic mass is 35.5. The molecule has 8 unspecified atom stereocenters. The molecule has 8 atom stereocenters. The van der Waals surface area contributed by atoms with Crippen LogP contribution < -0.4 is 10.6 Å². The van der Waals surface area contributed by atoms with E-state index >= 15 is 0 Å². The second-order valence-electron chi connectivity index (χ2n) is 13.0. The van der Waals surface area contributed by atoms with Gasteiger partial charge in [-0.15, -0.1) is 0 Å². The highest BCUT2D eigenvalue weighted by Gasteiger charge is 2.73. The summed E-state index contributed by atoms with van der Waals surface area (Å²) in [6, 6.07) is 4.07. The first-order valence-corrected chi connectivity index (χ1v) is 16.2. The SMILES string of the molecule is CC1CCCC(NC(=O)C2N(C3CCCCCCC3)C(=O)C3C(C(=O)Nc4cc(Cl)cc(Cl)c4)C4C=CC32O4)C1C. The topological polar surface area (TPSA) is 87.7 Å². The van der Waals surface area contributed by atoms with Gasteiger partial charge in [0.15, 0.2) is 0 Å². The van der Waals surface area contributed by atoms with Crippen LogP contribution in [0.3, 0.4) is 0 Å². The average Bonchev–Trinajstić information content (AvgIpc) is 3.53. The normalized spacial score (nSPS) is 37.0. The third-order valence-electron chi connectivity index (χ3n) is 10.5. The number of carbonyl (C=O) groups is 3. The Hall–Kier alpha value is -2.09. The predicted molar refractivity (Wildman–Crippen MR) is 160 cm³/mol. The average molecular weight is 603 g/mol. The zero-order valence-electron chi connectivity index (χ0n) is 23.9. The number of rotatable bonds is 5. The molecule has 3 amide bonds. The molecule has 41 heavy (non-hydrogen) atoms. The van der Waals surface area contributed by atoms with Crippen LogP contribution in [0.5, 0.6) is 0 Å². The van der Waals surface area contributed by atoms with Gasteiger partial charge < -0.3 is 20.3 Å². The van der Waals surface area contributed by atoms with Crippen molar-refractivity contribution in [3.63, 3.8) is 0 Å². The maximum atomic E-state index is 14.5. The fourth-order valence-electron chi connectivity index (χ4n) is 8.21. The molecule has 7 nitrogen and oxygen atoms in total. The highest BCUT2D eigenvalue weighted by molar-refractivity contribution is 6.35. The molecule has 1 spiro atoms. The molecule has 2 bridgehead atoms. The first kappa shape index (κ1) is 29.0. The number of ether oxygens (including phenoxy) is 1. The van der Waals surface area contributed by atoms with E-state index in [1.807, 2.05) is 17.1 Å². The minimum Gasteiger partial charge on any atom is -0.359 e. The molecule has 3 heterocycles. The predicted octanol–water partition coefficient (Wildman–Crippen LogP) is 6.14. The number of benzene rings is 1. The van der Waals surface area contributed by atoms with Gasteiger partial charge in [0, 0.05) is 27.8 Å². The maximum absolute atomic E-state index is 14.5. The third-order valence-corrected chi connectivity index (χ3v) is 10.9. The summed E-state index contributed by atoms with van der Waals surface area (Å²) in [4.78, 5) is 44.4. The van der Waals surface area contributed by atoms with E-state index in [0.717, 1.165) is 57.8 Å². The quantitative estimate of drug-likeness (QED) is 0.397. The molecule has 1 aromatic carbocycles. The number of anilines is 1. The van der Waals surface area contributed by atoms with Crippen molar-refractivity contribution < 1.29 is 19.1 Å². The van der Waals surface area contributed by atoms with Crippen LogP contribution in [0.1, 0.15) is 78.1 Å². The Morgan fingerprint density at radius 3 is 2.32 bits per heavy atom. The fourth-order valence-corrected chi connectivity index (χ4v) is 8.74. The van der Waals surface area contributed by atoms with Crippen molar-refractivity contribution >= 4 is 46.6 Å². The van der Waals surface area contributed by atoms with E-state index < -0.39 is 29.6 Å². The number of hydrogen-bond donors (Lipinski definition) is 2. The molecule has 6 rings (SSSR count). The van der Waals surface area contributed by atoms with Crippen molar-refractivity contribution in [2.75, 3.05) is 5.32 Å². The zero-order chi connectivity index (χ0) is 28.9. The van der Waals surface area contributed by atoms with E-state index in [0.29, 0.717) is 27.6 Å².